The molecule has 0 aliphatic heterocycles. The zero-order valence-corrected chi connectivity index (χ0v) is 18.5. The molecular weight excluding hydrogens is 458 g/mol. The average molecular weight is 486 g/mol. The highest BCUT2D eigenvalue weighted by Crippen LogP contribution is 2.47. The van der Waals surface area contributed by atoms with E-state index in [2.05, 4.69) is 34.6 Å². The van der Waals surface area contributed by atoms with Gasteiger partial charge in [0.05, 0.1) is 5.69 Å². The third-order valence-electron chi connectivity index (χ3n) is 5.17. The number of aromatic nitrogens is 1. The third kappa shape index (κ3) is 5.00. The zero-order chi connectivity index (χ0) is 18.6. The van der Waals surface area contributed by atoms with Crippen molar-refractivity contribution in [1.29, 1.82) is 0 Å². The number of rotatable bonds is 7. The van der Waals surface area contributed by atoms with Crippen LogP contribution in [0.1, 0.15) is 49.3 Å². The Morgan fingerprint density at radius 3 is 2.44 bits per heavy atom. The number of hydrogen-bond donors (Lipinski definition) is 2. The van der Waals surface area contributed by atoms with Crippen LogP contribution < -0.4 is 10.6 Å². The molecule has 1 aromatic heterocycles. The summed E-state index contributed by atoms with van der Waals surface area (Å²) in [4.78, 5) is 4.32. The molecule has 1 aromatic carbocycles. The maximum atomic E-state index is 13.2. The highest BCUT2D eigenvalue weighted by atomic mass is 127. The van der Waals surface area contributed by atoms with Crippen molar-refractivity contribution in [2.75, 3.05) is 13.6 Å². The van der Waals surface area contributed by atoms with Gasteiger partial charge in [0.1, 0.15) is 11.6 Å². The number of aliphatic imine (C=N–C) groups is 1. The minimum Gasteiger partial charge on any atom is -0.361 e. The summed E-state index contributed by atoms with van der Waals surface area (Å²) < 4.78 is 18.6. The van der Waals surface area contributed by atoms with Gasteiger partial charge in [0.25, 0.3) is 0 Å². The first-order valence-electron chi connectivity index (χ1n) is 9.28. The van der Waals surface area contributed by atoms with Crippen molar-refractivity contribution in [2.45, 2.75) is 51.5 Å². The summed E-state index contributed by atoms with van der Waals surface area (Å²) in [6.07, 6.45) is 3.88. The summed E-state index contributed by atoms with van der Waals surface area (Å²) in [6, 6.07) is 6.84. The molecule has 3 rings (SSSR count). The lowest BCUT2D eigenvalue weighted by Crippen LogP contribution is -2.41. The number of aryl methyl sites for hydroxylation is 2. The van der Waals surface area contributed by atoms with Crippen LogP contribution in [0.5, 0.6) is 0 Å². The second-order valence-corrected chi connectivity index (χ2v) is 6.80. The van der Waals surface area contributed by atoms with Crippen LogP contribution in [0, 0.1) is 5.82 Å². The Morgan fingerprint density at radius 1 is 1.19 bits per heavy atom. The molecule has 27 heavy (non-hydrogen) atoms. The maximum absolute atomic E-state index is 13.2. The predicted octanol–water partition coefficient (Wildman–Crippen LogP) is 3.95. The number of halogens is 2. The van der Waals surface area contributed by atoms with E-state index >= 15 is 0 Å². The monoisotopic (exact) mass is 486 g/mol. The number of guanidine groups is 1. The minimum absolute atomic E-state index is 0. The average Bonchev–Trinajstić information content (AvgIpc) is 3.35. The number of nitrogens with one attached hydrogen (secondary N) is 2. The van der Waals surface area contributed by atoms with Gasteiger partial charge >= 0.3 is 0 Å². The highest BCUT2D eigenvalue weighted by molar-refractivity contribution is 14.0. The molecule has 0 saturated heterocycles. The second-order valence-electron chi connectivity index (χ2n) is 6.80. The smallest absolute Gasteiger partial charge is 0.191 e. The van der Waals surface area contributed by atoms with E-state index in [1.54, 1.807) is 7.05 Å². The first kappa shape index (κ1) is 21.7. The Labute approximate surface area is 177 Å². The van der Waals surface area contributed by atoms with Crippen molar-refractivity contribution in [2.24, 2.45) is 4.99 Å². The van der Waals surface area contributed by atoms with Gasteiger partial charge in [0.15, 0.2) is 5.96 Å². The van der Waals surface area contributed by atoms with Gasteiger partial charge in [0, 0.05) is 37.5 Å². The van der Waals surface area contributed by atoms with Crippen LogP contribution in [0.25, 0.3) is 0 Å². The molecule has 2 N–H and O–H groups in total. The number of nitrogens with zero attached hydrogens (tertiary/aromatic N) is 2. The van der Waals surface area contributed by atoms with E-state index in [-0.39, 0.29) is 35.2 Å². The topological polar surface area (TPSA) is 62.5 Å². The van der Waals surface area contributed by atoms with Gasteiger partial charge in [-0.3, -0.25) is 4.99 Å². The summed E-state index contributed by atoms with van der Waals surface area (Å²) in [5.74, 6) is 1.49. The summed E-state index contributed by atoms with van der Waals surface area (Å²) in [5, 5.41) is 10.9. The van der Waals surface area contributed by atoms with Crippen molar-refractivity contribution in [3.8, 4) is 0 Å². The molecule has 0 atom stereocenters. The van der Waals surface area contributed by atoms with Crippen molar-refractivity contribution in [1.82, 2.24) is 15.8 Å². The van der Waals surface area contributed by atoms with Gasteiger partial charge in [0.2, 0.25) is 0 Å². The van der Waals surface area contributed by atoms with Crippen molar-refractivity contribution < 1.29 is 8.91 Å². The molecule has 7 heteroatoms. The van der Waals surface area contributed by atoms with Gasteiger partial charge in [-0.25, -0.2) is 4.39 Å². The van der Waals surface area contributed by atoms with E-state index in [4.69, 9.17) is 4.52 Å². The molecule has 1 saturated carbocycles. The van der Waals surface area contributed by atoms with E-state index in [1.807, 2.05) is 12.1 Å². The molecule has 148 valence electrons. The molecule has 0 unspecified atom stereocenters. The molecule has 1 fully saturated rings. The number of hydrogen-bond acceptors (Lipinski definition) is 3. The highest BCUT2D eigenvalue weighted by Gasteiger charge is 2.44. The Hall–Kier alpha value is -1.64. The third-order valence-corrected chi connectivity index (χ3v) is 5.17. The fourth-order valence-corrected chi connectivity index (χ4v) is 3.31. The zero-order valence-electron chi connectivity index (χ0n) is 16.1. The largest absolute Gasteiger partial charge is 0.361 e. The fourth-order valence-electron chi connectivity index (χ4n) is 3.31. The van der Waals surface area contributed by atoms with Crippen molar-refractivity contribution >= 4 is 29.9 Å². The molecule has 1 heterocycles. The first-order chi connectivity index (χ1) is 12.6. The van der Waals surface area contributed by atoms with E-state index < -0.39 is 0 Å². The molecule has 0 spiro atoms. The van der Waals surface area contributed by atoms with E-state index in [0.29, 0.717) is 6.54 Å². The van der Waals surface area contributed by atoms with E-state index in [1.165, 1.54) is 17.7 Å². The lowest BCUT2D eigenvalue weighted by molar-refractivity contribution is 0.380. The van der Waals surface area contributed by atoms with E-state index in [9.17, 15) is 4.39 Å². The Balaban J connectivity index is 0.00000261. The fraction of sp³-hybridized carbons (Fsp3) is 0.500. The summed E-state index contributed by atoms with van der Waals surface area (Å²) in [7, 11) is 1.77. The van der Waals surface area contributed by atoms with E-state index in [0.717, 1.165) is 55.2 Å². The summed E-state index contributed by atoms with van der Waals surface area (Å²) in [5.41, 5.74) is 3.39. The standard InChI is InChI=1S/C20H27FN4O.HI/c1-4-17-16(18(5-2)26-25-17)12-23-19(22-3)24-13-20(10-11-20)14-6-8-15(21)9-7-14;/h6-9H,4-5,10-13H2,1-3H3,(H2,22,23,24);1H. The lowest BCUT2D eigenvalue weighted by Gasteiger charge is -2.19. The predicted molar refractivity (Wildman–Crippen MR) is 116 cm³/mol. The quantitative estimate of drug-likeness (QED) is 0.354. The van der Waals surface area contributed by atoms with Crippen LogP contribution in [0.3, 0.4) is 0 Å². The SMILES string of the molecule is CCc1noc(CC)c1CNC(=NC)NCC1(c2ccc(F)cc2)CC1.I. The Kier molecular flexibility index (Phi) is 7.64. The molecule has 0 amide bonds. The summed E-state index contributed by atoms with van der Waals surface area (Å²) >= 11 is 0. The van der Waals surface area contributed by atoms with Crippen molar-refractivity contribution in [3.63, 3.8) is 0 Å². The van der Waals surface area contributed by atoms with Gasteiger partial charge in [-0.2, -0.15) is 0 Å². The van der Waals surface area contributed by atoms with Gasteiger partial charge in [-0.15, -0.1) is 24.0 Å². The van der Waals surface area contributed by atoms with Gasteiger partial charge in [-0.1, -0.05) is 31.1 Å². The molecule has 0 radical (unpaired) electrons. The maximum Gasteiger partial charge on any atom is 0.191 e. The second kappa shape index (κ2) is 9.52. The van der Waals surface area contributed by atoms with Crippen LogP contribution in [0.15, 0.2) is 33.8 Å². The number of benzene rings is 1. The minimum atomic E-state index is -0.192. The van der Waals surface area contributed by atoms with Crippen LogP contribution >= 0.6 is 24.0 Å². The van der Waals surface area contributed by atoms with Gasteiger partial charge in [-0.05, 0) is 37.0 Å². The Bertz CT molecular complexity index is 747. The molecular formula is C20H28FIN4O. The molecule has 5 nitrogen and oxygen atoms in total. The molecule has 2 aromatic rings. The van der Waals surface area contributed by atoms with Crippen LogP contribution in [0.4, 0.5) is 4.39 Å². The molecule has 1 aliphatic rings. The van der Waals surface area contributed by atoms with Crippen molar-refractivity contribution in [3.05, 3.63) is 52.7 Å². The normalized spacial score (nSPS) is 15.2. The molecule has 0 bridgehead atoms. The van der Waals surface area contributed by atoms with Crippen LogP contribution in [-0.2, 0) is 24.8 Å². The first-order valence-corrected chi connectivity index (χ1v) is 9.28. The van der Waals surface area contributed by atoms with Gasteiger partial charge < -0.3 is 15.2 Å². The van der Waals surface area contributed by atoms with Crippen LogP contribution in [-0.4, -0.2) is 24.7 Å². The van der Waals surface area contributed by atoms with Crippen LogP contribution in [0.2, 0.25) is 0 Å². The summed E-state index contributed by atoms with van der Waals surface area (Å²) in [6.45, 7) is 5.56. The molecule has 1 aliphatic carbocycles. The Morgan fingerprint density at radius 2 is 1.89 bits per heavy atom. The lowest BCUT2D eigenvalue weighted by atomic mass is 9.96.